The van der Waals surface area contributed by atoms with Crippen LogP contribution in [0.4, 0.5) is 0 Å². The van der Waals surface area contributed by atoms with E-state index >= 15 is 0 Å². The quantitative estimate of drug-likeness (QED) is 0.676. The third kappa shape index (κ3) is 3.55. The summed E-state index contributed by atoms with van der Waals surface area (Å²) < 4.78 is 5.32. The minimum Gasteiger partial charge on any atom is -0.425 e. The van der Waals surface area contributed by atoms with E-state index < -0.39 is 6.04 Å². The van der Waals surface area contributed by atoms with Crippen molar-refractivity contribution in [1.82, 2.24) is 0 Å². The van der Waals surface area contributed by atoms with Crippen molar-refractivity contribution in [2.45, 2.75) is 26.3 Å². The molecule has 2 aromatic rings. The molecule has 0 saturated carbocycles. The average Bonchev–Trinajstić information content (AvgIpc) is 2.37. The summed E-state index contributed by atoms with van der Waals surface area (Å²) in [7, 11) is 0. The van der Waals surface area contributed by atoms with Crippen LogP contribution in [0.1, 0.15) is 20.3 Å². The van der Waals surface area contributed by atoms with Crippen LogP contribution in [0.3, 0.4) is 0 Å². The summed E-state index contributed by atoms with van der Waals surface area (Å²) >= 11 is 0. The van der Waals surface area contributed by atoms with Crippen molar-refractivity contribution >= 4 is 16.7 Å². The molecule has 0 fully saturated rings. The molecule has 1 unspecified atom stereocenters. The van der Waals surface area contributed by atoms with Gasteiger partial charge in [0, 0.05) is 0 Å². The van der Waals surface area contributed by atoms with Gasteiger partial charge < -0.3 is 10.5 Å². The Morgan fingerprint density at radius 2 is 1.84 bits per heavy atom. The van der Waals surface area contributed by atoms with Gasteiger partial charge in [-0.3, -0.25) is 0 Å². The first-order valence-corrected chi connectivity index (χ1v) is 6.52. The number of hydrogen-bond donors (Lipinski definition) is 1. The first kappa shape index (κ1) is 13.6. The zero-order valence-electron chi connectivity index (χ0n) is 11.3. The number of rotatable bonds is 4. The van der Waals surface area contributed by atoms with Crippen LogP contribution in [0.5, 0.6) is 5.75 Å². The number of esters is 1. The van der Waals surface area contributed by atoms with Gasteiger partial charge in [0.2, 0.25) is 0 Å². The number of fused-ring (bicyclic) bond motifs is 1. The Labute approximate surface area is 113 Å². The number of benzene rings is 2. The number of carbonyl (C=O) groups is 1. The third-order valence-corrected chi connectivity index (χ3v) is 2.97. The molecule has 0 saturated heterocycles. The molecule has 0 bridgehead atoms. The van der Waals surface area contributed by atoms with Crippen molar-refractivity contribution in [3.8, 4) is 5.75 Å². The summed E-state index contributed by atoms with van der Waals surface area (Å²) in [5, 5.41) is 2.17. The van der Waals surface area contributed by atoms with Gasteiger partial charge in [0.15, 0.2) is 0 Å². The lowest BCUT2D eigenvalue weighted by Gasteiger charge is -2.13. The van der Waals surface area contributed by atoms with E-state index in [1.54, 1.807) is 6.07 Å². The maximum Gasteiger partial charge on any atom is 0.328 e. The van der Waals surface area contributed by atoms with E-state index in [0.29, 0.717) is 18.1 Å². The van der Waals surface area contributed by atoms with Crippen LogP contribution in [0.25, 0.3) is 10.8 Å². The van der Waals surface area contributed by atoms with E-state index in [1.165, 1.54) is 0 Å². The van der Waals surface area contributed by atoms with Gasteiger partial charge in [-0.2, -0.15) is 0 Å². The second-order valence-electron chi connectivity index (χ2n) is 5.17. The van der Waals surface area contributed by atoms with Crippen molar-refractivity contribution in [2.75, 3.05) is 0 Å². The molecule has 0 aromatic heterocycles. The summed E-state index contributed by atoms with van der Waals surface area (Å²) in [5.41, 5.74) is 5.80. The number of ether oxygens (including phenoxy) is 1. The van der Waals surface area contributed by atoms with E-state index in [4.69, 9.17) is 10.5 Å². The van der Waals surface area contributed by atoms with Crippen LogP contribution in [-0.2, 0) is 4.79 Å². The Bertz CT molecular complexity index is 578. The fourth-order valence-electron chi connectivity index (χ4n) is 2.03. The number of nitrogens with two attached hydrogens (primary N) is 1. The van der Waals surface area contributed by atoms with Gasteiger partial charge in [-0.05, 0) is 35.2 Å². The minimum absolute atomic E-state index is 0.371. The van der Waals surface area contributed by atoms with Gasteiger partial charge in [-0.25, -0.2) is 4.79 Å². The molecule has 0 spiro atoms. The Morgan fingerprint density at radius 1 is 1.16 bits per heavy atom. The van der Waals surface area contributed by atoms with Crippen molar-refractivity contribution < 1.29 is 9.53 Å². The topological polar surface area (TPSA) is 52.3 Å². The summed E-state index contributed by atoms with van der Waals surface area (Å²) in [6.45, 7) is 4.06. The predicted octanol–water partition coefficient (Wildman–Crippen LogP) is 3.12. The predicted molar refractivity (Wildman–Crippen MR) is 77.0 cm³/mol. The second kappa shape index (κ2) is 5.85. The van der Waals surface area contributed by atoms with Crippen LogP contribution in [0.2, 0.25) is 0 Å². The van der Waals surface area contributed by atoms with Gasteiger partial charge >= 0.3 is 5.97 Å². The first-order valence-electron chi connectivity index (χ1n) is 6.52. The van der Waals surface area contributed by atoms with Crippen LogP contribution in [-0.4, -0.2) is 12.0 Å². The van der Waals surface area contributed by atoms with Gasteiger partial charge in [-0.15, -0.1) is 0 Å². The number of carbonyl (C=O) groups excluding carboxylic acids is 1. The van der Waals surface area contributed by atoms with Gasteiger partial charge in [0.1, 0.15) is 11.8 Å². The molecule has 1 atom stereocenters. The van der Waals surface area contributed by atoms with E-state index in [2.05, 4.69) is 0 Å². The Hall–Kier alpha value is -1.87. The fraction of sp³-hybridized carbons (Fsp3) is 0.312. The highest BCUT2D eigenvalue weighted by Crippen LogP contribution is 2.21. The molecule has 2 aromatic carbocycles. The summed E-state index contributed by atoms with van der Waals surface area (Å²) in [6, 6.07) is 13.0. The zero-order chi connectivity index (χ0) is 13.8. The van der Waals surface area contributed by atoms with Crippen molar-refractivity contribution in [3.63, 3.8) is 0 Å². The Kier molecular flexibility index (Phi) is 4.17. The lowest BCUT2D eigenvalue weighted by Crippen LogP contribution is -2.35. The van der Waals surface area contributed by atoms with E-state index in [0.717, 1.165) is 10.8 Å². The molecule has 0 heterocycles. The summed E-state index contributed by atoms with van der Waals surface area (Å²) in [6.07, 6.45) is 0.631. The van der Waals surface area contributed by atoms with Crippen LogP contribution >= 0.6 is 0 Å². The molecule has 0 aliphatic carbocycles. The SMILES string of the molecule is CC(C)CC(N)C(=O)Oc1ccc2ccccc2c1. The first-order chi connectivity index (χ1) is 9.06. The molecule has 0 aliphatic heterocycles. The zero-order valence-corrected chi connectivity index (χ0v) is 11.3. The standard InChI is InChI=1S/C16H19NO2/c1-11(2)9-15(17)16(18)19-14-8-7-12-5-3-4-6-13(12)10-14/h3-8,10-11,15H,9,17H2,1-2H3. The average molecular weight is 257 g/mol. The highest BCUT2D eigenvalue weighted by Gasteiger charge is 2.17. The summed E-state index contributed by atoms with van der Waals surface area (Å²) in [5.74, 6) is 0.547. The highest BCUT2D eigenvalue weighted by molar-refractivity contribution is 5.85. The molecule has 2 rings (SSSR count). The lowest BCUT2D eigenvalue weighted by atomic mass is 10.0. The summed E-state index contributed by atoms with van der Waals surface area (Å²) in [4.78, 5) is 11.8. The Morgan fingerprint density at radius 3 is 2.53 bits per heavy atom. The smallest absolute Gasteiger partial charge is 0.328 e. The molecular formula is C16H19NO2. The molecule has 100 valence electrons. The van der Waals surface area contributed by atoms with Crippen LogP contribution in [0.15, 0.2) is 42.5 Å². The molecule has 19 heavy (non-hydrogen) atoms. The van der Waals surface area contributed by atoms with Crippen molar-refractivity contribution in [2.24, 2.45) is 11.7 Å². The molecular weight excluding hydrogens is 238 g/mol. The maximum atomic E-state index is 11.8. The minimum atomic E-state index is -0.563. The van der Waals surface area contributed by atoms with Crippen molar-refractivity contribution in [1.29, 1.82) is 0 Å². The highest BCUT2D eigenvalue weighted by atomic mass is 16.5. The van der Waals surface area contributed by atoms with Gasteiger partial charge in [-0.1, -0.05) is 44.2 Å². The molecule has 0 radical (unpaired) electrons. The number of hydrogen-bond acceptors (Lipinski definition) is 3. The van der Waals surface area contributed by atoms with Gasteiger partial charge in [0.05, 0.1) is 0 Å². The molecule has 0 amide bonds. The van der Waals surface area contributed by atoms with Crippen molar-refractivity contribution in [3.05, 3.63) is 42.5 Å². The van der Waals surface area contributed by atoms with E-state index in [1.807, 2.05) is 50.2 Å². The van der Waals surface area contributed by atoms with E-state index in [9.17, 15) is 4.79 Å². The molecule has 3 nitrogen and oxygen atoms in total. The third-order valence-electron chi connectivity index (χ3n) is 2.97. The molecule has 3 heteroatoms. The second-order valence-corrected chi connectivity index (χ2v) is 5.17. The normalized spacial score (nSPS) is 12.6. The molecule has 2 N–H and O–H groups in total. The van der Waals surface area contributed by atoms with Crippen LogP contribution < -0.4 is 10.5 Å². The lowest BCUT2D eigenvalue weighted by molar-refractivity contribution is -0.136. The fourth-order valence-corrected chi connectivity index (χ4v) is 2.03. The van der Waals surface area contributed by atoms with Gasteiger partial charge in [0.25, 0.3) is 0 Å². The monoisotopic (exact) mass is 257 g/mol. The van der Waals surface area contributed by atoms with E-state index in [-0.39, 0.29) is 5.97 Å². The van der Waals surface area contributed by atoms with Crippen LogP contribution in [0, 0.1) is 5.92 Å². The maximum absolute atomic E-state index is 11.8. The largest absolute Gasteiger partial charge is 0.425 e. The molecule has 0 aliphatic rings. The Balaban J connectivity index is 2.10.